The first-order valence-corrected chi connectivity index (χ1v) is 8.75. The average Bonchev–Trinajstić information content (AvgIpc) is 2.17. The lowest BCUT2D eigenvalue weighted by Gasteiger charge is -2.12. The molecule has 77 valence electrons. The fraction of sp³-hybridized carbons (Fsp3) is 0.400. The fourth-order valence-corrected chi connectivity index (χ4v) is 3.78. The molecular formula is C10H12Cl3Si. The molecule has 1 aromatic carbocycles. The van der Waals surface area contributed by atoms with Crippen molar-refractivity contribution >= 4 is 41.2 Å². The predicted molar refractivity (Wildman–Crippen MR) is 66.6 cm³/mol. The van der Waals surface area contributed by atoms with Crippen LogP contribution in [0, 0.1) is 5.92 Å². The van der Waals surface area contributed by atoms with Crippen molar-refractivity contribution in [3.05, 3.63) is 35.9 Å². The van der Waals surface area contributed by atoms with E-state index in [1.165, 1.54) is 5.56 Å². The summed E-state index contributed by atoms with van der Waals surface area (Å²) < 4.78 is 0. The highest BCUT2D eigenvalue weighted by Crippen LogP contribution is 2.19. The summed E-state index contributed by atoms with van der Waals surface area (Å²) in [7, 11) is -1.20. The van der Waals surface area contributed by atoms with Gasteiger partial charge in [0.25, 0.3) is 7.42 Å². The third kappa shape index (κ3) is 4.69. The molecule has 0 saturated heterocycles. The molecule has 0 N–H and O–H groups in total. The van der Waals surface area contributed by atoms with Crippen LogP contribution in [0.2, 0.25) is 6.04 Å². The SMILES string of the molecule is ClCC(Cc1ccccc1)C[Si](Cl)Cl. The van der Waals surface area contributed by atoms with Crippen molar-refractivity contribution in [3.8, 4) is 0 Å². The van der Waals surface area contributed by atoms with Crippen LogP contribution in [0.25, 0.3) is 0 Å². The van der Waals surface area contributed by atoms with E-state index < -0.39 is 7.42 Å². The minimum atomic E-state index is -1.20. The van der Waals surface area contributed by atoms with Gasteiger partial charge < -0.3 is 0 Å². The number of hydrogen-bond donors (Lipinski definition) is 0. The van der Waals surface area contributed by atoms with Crippen LogP contribution in [0.5, 0.6) is 0 Å². The van der Waals surface area contributed by atoms with Crippen molar-refractivity contribution in [2.75, 3.05) is 5.88 Å². The van der Waals surface area contributed by atoms with Crippen LogP contribution in [0.15, 0.2) is 30.3 Å². The van der Waals surface area contributed by atoms with Crippen molar-refractivity contribution < 1.29 is 0 Å². The third-order valence-electron chi connectivity index (χ3n) is 2.03. The number of benzene rings is 1. The summed E-state index contributed by atoms with van der Waals surface area (Å²) >= 11 is 17.5. The normalized spacial score (nSPS) is 13.1. The molecule has 0 spiro atoms. The van der Waals surface area contributed by atoms with Crippen LogP contribution in [-0.4, -0.2) is 13.3 Å². The van der Waals surface area contributed by atoms with Gasteiger partial charge in [0, 0.05) is 5.88 Å². The lowest BCUT2D eigenvalue weighted by molar-refractivity contribution is 0.652. The Bertz CT molecular complexity index is 251. The van der Waals surface area contributed by atoms with Crippen LogP contribution in [0.3, 0.4) is 0 Å². The molecule has 0 heterocycles. The molecule has 0 amide bonds. The molecule has 14 heavy (non-hydrogen) atoms. The van der Waals surface area contributed by atoms with Crippen molar-refractivity contribution in [3.63, 3.8) is 0 Å². The maximum Gasteiger partial charge on any atom is 0.274 e. The highest BCUT2D eigenvalue weighted by Gasteiger charge is 2.14. The minimum Gasteiger partial charge on any atom is -0.147 e. The van der Waals surface area contributed by atoms with Crippen molar-refractivity contribution in [2.24, 2.45) is 5.92 Å². The standard InChI is InChI=1S/C10H12Cl3Si/c11-7-10(8-14(12)13)6-9-4-2-1-3-5-9/h1-5,10H,6-8H2. The Labute approximate surface area is 101 Å². The smallest absolute Gasteiger partial charge is 0.147 e. The second-order valence-electron chi connectivity index (χ2n) is 3.25. The Morgan fingerprint density at radius 1 is 1.14 bits per heavy atom. The Hall–Kier alpha value is 0.307. The highest BCUT2D eigenvalue weighted by molar-refractivity contribution is 7.33. The molecular weight excluding hydrogens is 255 g/mol. The van der Waals surface area contributed by atoms with Gasteiger partial charge in [0.05, 0.1) is 0 Å². The first kappa shape index (κ1) is 12.4. The third-order valence-corrected chi connectivity index (χ3v) is 4.28. The summed E-state index contributed by atoms with van der Waals surface area (Å²) in [6, 6.07) is 11.1. The zero-order chi connectivity index (χ0) is 10.4. The molecule has 1 atom stereocenters. The van der Waals surface area contributed by atoms with Gasteiger partial charge in [-0.1, -0.05) is 30.3 Å². The van der Waals surface area contributed by atoms with Gasteiger partial charge in [-0.15, -0.1) is 33.8 Å². The summed E-state index contributed by atoms with van der Waals surface area (Å²) in [5.41, 5.74) is 1.30. The maximum atomic E-state index is 5.86. The number of halogens is 3. The van der Waals surface area contributed by atoms with E-state index in [-0.39, 0.29) is 0 Å². The Balaban J connectivity index is 2.48. The zero-order valence-corrected chi connectivity index (χ0v) is 11.0. The second kappa shape index (κ2) is 6.73. The molecule has 1 rings (SSSR count). The molecule has 0 nitrogen and oxygen atoms in total. The Morgan fingerprint density at radius 2 is 1.79 bits per heavy atom. The van der Waals surface area contributed by atoms with E-state index in [0.717, 1.165) is 12.5 Å². The van der Waals surface area contributed by atoms with Crippen LogP contribution in [0.4, 0.5) is 0 Å². The highest BCUT2D eigenvalue weighted by atomic mass is 35.7. The fourth-order valence-electron chi connectivity index (χ4n) is 1.35. The molecule has 0 aliphatic rings. The molecule has 1 aromatic rings. The number of alkyl halides is 1. The number of rotatable bonds is 5. The summed E-state index contributed by atoms with van der Waals surface area (Å²) in [5.74, 6) is 1.03. The topological polar surface area (TPSA) is 0 Å². The first-order chi connectivity index (χ1) is 6.72. The van der Waals surface area contributed by atoms with Crippen LogP contribution >= 0.6 is 33.8 Å². The van der Waals surface area contributed by atoms with Gasteiger partial charge in [-0.25, -0.2) is 0 Å². The Kier molecular flexibility index (Phi) is 5.95. The molecule has 4 heteroatoms. The van der Waals surface area contributed by atoms with E-state index in [0.29, 0.717) is 11.8 Å². The van der Waals surface area contributed by atoms with Crippen molar-refractivity contribution in [1.82, 2.24) is 0 Å². The van der Waals surface area contributed by atoms with Gasteiger partial charge in [-0.2, -0.15) is 0 Å². The molecule has 0 bridgehead atoms. The number of hydrogen-bond acceptors (Lipinski definition) is 0. The van der Waals surface area contributed by atoms with Gasteiger partial charge in [-0.3, -0.25) is 0 Å². The van der Waals surface area contributed by atoms with Crippen molar-refractivity contribution in [2.45, 2.75) is 12.5 Å². The van der Waals surface area contributed by atoms with E-state index in [1.54, 1.807) is 0 Å². The van der Waals surface area contributed by atoms with E-state index in [4.69, 9.17) is 33.8 Å². The summed E-state index contributed by atoms with van der Waals surface area (Å²) in [6.07, 6.45) is 0.970. The summed E-state index contributed by atoms with van der Waals surface area (Å²) in [4.78, 5) is 0. The van der Waals surface area contributed by atoms with Gasteiger partial charge in [-0.05, 0) is 23.9 Å². The summed E-state index contributed by atoms with van der Waals surface area (Å²) in [6.45, 7) is 0. The van der Waals surface area contributed by atoms with E-state index in [9.17, 15) is 0 Å². The monoisotopic (exact) mass is 265 g/mol. The second-order valence-corrected chi connectivity index (χ2v) is 7.96. The first-order valence-electron chi connectivity index (χ1n) is 4.49. The van der Waals surface area contributed by atoms with Gasteiger partial charge in [0.2, 0.25) is 0 Å². The molecule has 1 radical (unpaired) electrons. The lowest BCUT2D eigenvalue weighted by Crippen LogP contribution is -2.11. The van der Waals surface area contributed by atoms with Gasteiger partial charge in [0.1, 0.15) is 0 Å². The van der Waals surface area contributed by atoms with E-state index in [2.05, 4.69) is 12.1 Å². The Morgan fingerprint density at radius 3 is 2.29 bits per heavy atom. The van der Waals surface area contributed by atoms with Crippen LogP contribution in [0.1, 0.15) is 5.56 Å². The predicted octanol–water partition coefficient (Wildman–Crippen LogP) is 4.05. The zero-order valence-electron chi connectivity index (χ0n) is 7.72. The molecule has 0 saturated carbocycles. The molecule has 0 aliphatic heterocycles. The van der Waals surface area contributed by atoms with E-state index >= 15 is 0 Å². The van der Waals surface area contributed by atoms with Gasteiger partial charge >= 0.3 is 0 Å². The van der Waals surface area contributed by atoms with Crippen LogP contribution in [-0.2, 0) is 6.42 Å². The largest absolute Gasteiger partial charge is 0.274 e. The summed E-state index contributed by atoms with van der Waals surface area (Å²) in [5, 5.41) is 0. The van der Waals surface area contributed by atoms with E-state index in [1.807, 2.05) is 18.2 Å². The molecule has 1 unspecified atom stereocenters. The molecule has 0 fully saturated rings. The average molecular weight is 267 g/mol. The minimum absolute atomic E-state index is 0.406. The molecule has 0 aromatic heterocycles. The quantitative estimate of drug-likeness (QED) is 0.428. The van der Waals surface area contributed by atoms with Crippen molar-refractivity contribution in [1.29, 1.82) is 0 Å². The molecule has 0 aliphatic carbocycles. The van der Waals surface area contributed by atoms with Gasteiger partial charge in [0.15, 0.2) is 0 Å². The maximum absolute atomic E-state index is 5.86. The lowest BCUT2D eigenvalue weighted by atomic mass is 10.0. The van der Waals surface area contributed by atoms with Crippen LogP contribution < -0.4 is 0 Å².